The van der Waals surface area contributed by atoms with Gasteiger partial charge in [-0.2, -0.15) is 5.09 Å². The fraction of sp³-hybridized carbons (Fsp3) is 0.522. The molecule has 2 aromatic carbocycles. The van der Waals surface area contributed by atoms with E-state index in [1.165, 1.54) is 6.92 Å². The lowest BCUT2D eigenvalue weighted by molar-refractivity contribution is -0.148. The topological polar surface area (TPSA) is 124 Å². The van der Waals surface area contributed by atoms with Crippen LogP contribution in [0.3, 0.4) is 0 Å². The van der Waals surface area contributed by atoms with Gasteiger partial charge in [-0.15, -0.1) is 0 Å². The summed E-state index contributed by atoms with van der Waals surface area (Å²) in [5.74, 6) is -0.547. The maximum atomic E-state index is 14.6. The fourth-order valence-corrected chi connectivity index (χ4v) is 4.84. The van der Waals surface area contributed by atoms with Gasteiger partial charge in [0.1, 0.15) is 24.0 Å². The zero-order valence-electron chi connectivity index (χ0n) is 19.5. The summed E-state index contributed by atoms with van der Waals surface area (Å²) >= 11 is 0. The highest BCUT2D eigenvalue weighted by Gasteiger charge is 2.49. The molecule has 0 amide bonds. The third-order valence-corrected chi connectivity index (χ3v) is 6.65. The second-order valence-electron chi connectivity index (χ2n) is 9.35. The van der Waals surface area contributed by atoms with E-state index < -0.39 is 51.0 Å². The molecule has 0 aliphatic carbocycles. The zero-order chi connectivity index (χ0) is 25.1. The van der Waals surface area contributed by atoms with Crippen molar-refractivity contribution in [3.8, 4) is 5.75 Å². The lowest BCUT2D eigenvalue weighted by atomic mass is 9.99. The minimum Gasteiger partial charge on any atom is -0.464 e. The quantitative estimate of drug-likeness (QED) is 0.352. The van der Waals surface area contributed by atoms with E-state index in [0.29, 0.717) is 5.39 Å². The molecule has 1 saturated heterocycles. The van der Waals surface area contributed by atoms with Gasteiger partial charge in [-0.05, 0) is 23.8 Å². The van der Waals surface area contributed by atoms with Crippen LogP contribution in [0.4, 0.5) is 4.39 Å². The molecule has 2 aromatic rings. The molecule has 1 fully saturated rings. The molecule has 1 unspecified atom stereocenters. The van der Waals surface area contributed by atoms with E-state index in [0.717, 1.165) is 5.39 Å². The van der Waals surface area contributed by atoms with E-state index in [1.54, 1.807) is 24.3 Å². The maximum Gasteiger partial charge on any atom is 0.461 e. The molecule has 0 spiro atoms. The number of esters is 1. The number of hydrogen-bond donors (Lipinski definition) is 3. The Morgan fingerprint density at radius 2 is 1.91 bits per heavy atom. The van der Waals surface area contributed by atoms with Crippen LogP contribution in [0.25, 0.3) is 10.8 Å². The Morgan fingerprint density at radius 1 is 1.24 bits per heavy atom. The number of rotatable bonds is 9. The molecule has 0 aromatic heterocycles. The third-order valence-electron chi connectivity index (χ3n) is 5.02. The molecule has 6 atom stereocenters. The van der Waals surface area contributed by atoms with Gasteiger partial charge in [0.25, 0.3) is 0 Å². The number of halogens is 1. The first kappa shape index (κ1) is 26.5. The van der Waals surface area contributed by atoms with Gasteiger partial charge in [-0.3, -0.25) is 9.32 Å². The van der Waals surface area contributed by atoms with Crippen LogP contribution in [-0.2, 0) is 23.4 Å². The molecule has 1 aliphatic heterocycles. The Hall–Kier alpha value is -2.07. The maximum absolute atomic E-state index is 14.6. The summed E-state index contributed by atoms with van der Waals surface area (Å²) < 4.78 is 49.9. The number of nitrogens with one attached hydrogen (secondary N) is 1. The molecule has 1 heterocycles. The molecule has 3 N–H and O–H groups in total. The monoisotopic (exact) mass is 499 g/mol. The first-order valence-corrected chi connectivity index (χ1v) is 12.5. The van der Waals surface area contributed by atoms with Crippen LogP contribution in [-0.4, -0.2) is 60.1 Å². The predicted octanol–water partition coefficient (Wildman–Crippen LogP) is 3.33. The van der Waals surface area contributed by atoms with E-state index in [9.17, 15) is 24.0 Å². The van der Waals surface area contributed by atoms with Gasteiger partial charge < -0.3 is 24.2 Å². The summed E-state index contributed by atoms with van der Waals surface area (Å²) in [5.41, 5.74) is -0.288. The van der Waals surface area contributed by atoms with Gasteiger partial charge in [0.2, 0.25) is 6.29 Å². The SMILES string of the molecule is C[C@H](NP(=O)(Oc1cccc2ccccc12)O[C@H]1O[C@H](CO)[C@@H](O)[C@@H]1F)C(=O)OCC(C)(C)C. The highest BCUT2D eigenvalue weighted by Crippen LogP contribution is 2.49. The molecule has 34 heavy (non-hydrogen) atoms. The summed E-state index contributed by atoms with van der Waals surface area (Å²) in [5, 5.41) is 23.1. The Labute approximate surface area is 197 Å². The number of aliphatic hydroxyl groups excluding tert-OH is 2. The lowest BCUT2D eigenvalue weighted by Crippen LogP contribution is -2.38. The number of hydrogen-bond acceptors (Lipinski definition) is 8. The van der Waals surface area contributed by atoms with Crippen LogP contribution in [0.1, 0.15) is 27.7 Å². The number of carbonyl (C=O) groups excluding carboxylic acids is 1. The van der Waals surface area contributed by atoms with Crippen LogP contribution >= 0.6 is 7.75 Å². The third kappa shape index (κ3) is 6.53. The molecule has 0 saturated carbocycles. The smallest absolute Gasteiger partial charge is 0.461 e. The number of carbonyl (C=O) groups is 1. The molecule has 188 valence electrons. The highest BCUT2D eigenvalue weighted by molar-refractivity contribution is 7.52. The van der Waals surface area contributed by atoms with E-state index in [4.69, 9.17) is 18.5 Å². The summed E-state index contributed by atoms with van der Waals surface area (Å²) in [7, 11) is -4.48. The fourth-order valence-electron chi connectivity index (χ4n) is 3.25. The number of ether oxygens (including phenoxy) is 2. The Bertz CT molecular complexity index is 1040. The van der Waals surface area contributed by atoms with Crippen molar-refractivity contribution in [2.24, 2.45) is 5.41 Å². The Kier molecular flexibility index (Phi) is 8.34. The molecule has 11 heteroatoms. The van der Waals surface area contributed by atoms with Crippen molar-refractivity contribution in [3.05, 3.63) is 42.5 Å². The van der Waals surface area contributed by atoms with Crippen molar-refractivity contribution in [1.82, 2.24) is 5.09 Å². The standard InChI is InChI=1S/C23H31FNO8P/c1-14(21(28)30-13-23(2,3)4)25-34(29,33-22-19(24)20(27)18(12-26)31-22)32-17-11-7-9-15-8-5-6-10-16(15)17/h5-11,14,18-20,22,26-27H,12-13H2,1-4H3,(H,25,29)/t14-,18+,19-,20+,22+,34?/m0/s1. The van der Waals surface area contributed by atoms with Crippen molar-refractivity contribution in [3.63, 3.8) is 0 Å². The molecular weight excluding hydrogens is 468 g/mol. The molecule has 0 radical (unpaired) electrons. The summed E-state index contributed by atoms with van der Waals surface area (Å²) in [6, 6.07) is 11.1. The van der Waals surface area contributed by atoms with Crippen LogP contribution in [0.5, 0.6) is 5.75 Å². The van der Waals surface area contributed by atoms with Gasteiger partial charge in [0.15, 0.2) is 6.17 Å². The van der Waals surface area contributed by atoms with Gasteiger partial charge in [0.05, 0.1) is 13.2 Å². The van der Waals surface area contributed by atoms with Crippen molar-refractivity contribution >= 4 is 24.5 Å². The van der Waals surface area contributed by atoms with Crippen LogP contribution in [0.15, 0.2) is 42.5 Å². The number of alkyl halides is 1. The zero-order valence-corrected chi connectivity index (χ0v) is 20.4. The summed E-state index contributed by atoms with van der Waals surface area (Å²) in [6.45, 7) is 6.52. The van der Waals surface area contributed by atoms with Gasteiger partial charge in [-0.25, -0.2) is 8.96 Å². The number of benzene rings is 2. The van der Waals surface area contributed by atoms with E-state index >= 15 is 0 Å². The number of fused-ring (bicyclic) bond motifs is 1. The number of aliphatic hydroxyl groups is 2. The van der Waals surface area contributed by atoms with Crippen molar-refractivity contribution in [1.29, 1.82) is 0 Å². The lowest BCUT2D eigenvalue weighted by Gasteiger charge is -2.26. The minimum atomic E-state index is -4.48. The second-order valence-corrected chi connectivity index (χ2v) is 11.0. The summed E-state index contributed by atoms with van der Waals surface area (Å²) in [6.07, 6.45) is -6.86. The Balaban J connectivity index is 1.86. The minimum absolute atomic E-state index is 0.121. The van der Waals surface area contributed by atoms with Crippen molar-refractivity contribution in [2.75, 3.05) is 13.2 Å². The molecule has 3 rings (SSSR count). The van der Waals surface area contributed by atoms with E-state index in [2.05, 4.69) is 5.09 Å². The van der Waals surface area contributed by atoms with Crippen molar-refractivity contribution in [2.45, 2.75) is 58.4 Å². The van der Waals surface area contributed by atoms with E-state index in [1.807, 2.05) is 39.0 Å². The van der Waals surface area contributed by atoms with Crippen LogP contribution in [0, 0.1) is 5.41 Å². The average Bonchev–Trinajstić information content (AvgIpc) is 3.04. The van der Waals surface area contributed by atoms with Crippen LogP contribution in [0.2, 0.25) is 0 Å². The van der Waals surface area contributed by atoms with Gasteiger partial charge >= 0.3 is 13.7 Å². The predicted molar refractivity (Wildman–Crippen MR) is 123 cm³/mol. The van der Waals surface area contributed by atoms with Crippen molar-refractivity contribution < 1.29 is 42.5 Å². The van der Waals surface area contributed by atoms with Gasteiger partial charge in [-0.1, -0.05) is 57.2 Å². The normalized spacial score (nSPS) is 25.6. The summed E-state index contributed by atoms with van der Waals surface area (Å²) in [4.78, 5) is 12.5. The molecule has 1 aliphatic rings. The largest absolute Gasteiger partial charge is 0.464 e. The second kappa shape index (κ2) is 10.7. The highest BCUT2D eigenvalue weighted by atomic mass is 31.2. The molecule has 0 bridgehead atoms. The van der Waals surface area contributed by atoms with E-state index in [-0.39, 0.29) is 17.8 Å². The average molecular weight is 499 g/mol. The molecular formula is C23H31FNO8P. The molecule has 9 nitrogen and oxygen atoms in total. The first-order chi connectivity index (χ1) is 15.9. The van der Waals surface area contributed by atoms with Crippen LogP contribution < -0.4 is 9.61 Å². The first-order valence-electron chi connectivity index (χ1n) is 10.9. The van der Waals surface area contributed by atoms with Gasteiger partial charge in [0, 0.05) is 5.39 Å². The Morgan fingerprint density at radius 3 is 2.56 bits per heavy atom.